The van der Waals surface area contributed by atoms with E-state index in [1.54, 1.807) is 32.1 Å². The van der Waals surface area contributed by atoms with Crippen molar-refractivity contribution >= 4 is 57.2 Å². The Morgan fingerprint density at radius 1 is 1.23 bits per heavy atom. The maximum atomic E-state index is 12.8. The number of nitrogens with one attached hydrogen (secondary N) is 1. The third-order valence-electron chi connectivity index (χ3n) is 4.94. The number of primary amides is 1. The first-order chi connectivity index (χ1) is 16.5. The standard InChI is InChI=1S/C23H29N5O4S3/c1-7-15-8-14(9-33-15)20-26-27-23(28(20)11(2)3)34-10-16(29)25-21-17(22(31)32-12(4)5)13(6)18(35-21)19(24)30/h8-9,11-12H,7,10H2,1-6H3,(H2,24,30)(H,25,29). The van der Waals surface area contributed by atoms with Gasteiger partial charge in [0, 0.05) is 21.9 Å². The molecule has 0 aromatic carbocycles. The molecule has 3 N–H and O–H groups in total. The number of hydrogen-bond acceptors (Lipinski definition) is 9. The van der Waals surface area contributed by atoms with Crippen LogP contribution in [0.3, 0.4) is 0 Å². The Bertz CT molecular complexity index is 1240. The Balaban J connectivity index is 1.79. The van der Waals surface area contributed by atoms with Crippen molar-refractivity contribution in [1.82, 2.24) is 14.8 Å². The lowest BCUT2D eigenvalue weighted by Gasteiger charge is -2.13. The second-order valence-corrected chi connectivity index (χ2v) is 11.3. The number of nitrogens with two attached hydrogens (primary N) is 1. The van der Waals surface area contributed by atoms with Crippen LogP contribution in [0.4, 0.5) is 5.00 Å². The topological polar surface area (TPSA) is 129 Å². The molecule has 3 aromatic rings. The summed E-state index contributed by atoms with van der Waals surface area (Å²) in [4.78, 5) is 38.7. The van der Waals surface area contributed by atoms with Crippen LogP contribution in [0.25, 0.3) is 11.4 Å². The van der Waals surface area contributed by atoms with E-state index in [4.69, 9.17) is 10.5 Å². The van der Waals surface area contributed by atoms with Crippen molar-refractivity contribution < 1.29 is 19.1 Å². The van der Waals surface area contributed by atoms with Crippen molar-refractivity contribution in [3.05, 3.63) is 32.3 Å². The second-order valence-electron chi connectivity index (χ2n) is 8.34. The van der Waals surface area contributed by atoms with Gasteiger partial charge < -0.3 is 15.8 Å². The molecule has 0 aliphatic carbocycles. The number of ether oxygens (including phenoxy) is 1. The van der Waals surface area contributed by atoms with Crippen LogP contribution in [0.2, 0.25) is 0 Å². The molecule has 0 radical (unpaired) electrons. The summed E-state index contributed by atoms with van der Waals surface area (Å²) in [6.45, 7) is 11.2. The molecule has 2 amide bonds. The molecule has 35 heavy (non-hydrogen) atoms. The lowest BCUT2D eigenvalue weighted by molar-refractivity contribution is -0.113. The number of carbonyl (C=O) groups is 3. The molecule has 0 saturated heterocycles. The van der Waals surface area contributed by atoms with Crippen molar-refractivity contribution in [2.45, 2.75) is 65.3 Å². The van der Waals surface area contributed by atoms with E-state index in [1.807, 2.05) is 18.4 Å². The Morgan fingerprint density at radius 3 is 2.51 bits per heavy atom. The van der Waals surface area contributed by atoms with E-state index in [0.29, 0.717) is 10.7 Å². The van der Waals surface area contributed by atoms with Crippen LogP contribution in [0.1, 0.15) is 71.1 Å². The predicted octanol–water partition coefficient (Wildman–Crippen LogP) is 4.91. The zero-order valence-corrected chi connectivity index (χ0v) is 22.9. The van der Waals surface area contributed by atoms with Gasteiger partial charge in [0.05, 0.1) is 22.3 Å². The van der Waals surface area contributed by atoms with Gasteiger partial charge in [0.1, 0.15) is 5.00 Å². The van der Waals surface area contributed by atoms with Gasteiger partial charge >= 0.3 is 5.97 Å². The lowest BCUT2D eigenvalue weighted by Crippen LogP contribution is -2.18. The maximum absolute atomic E-state index is 12.8. The molecule has 188 valence electrons. The molecule has 12 heteroatoms. The summed E-state index contributed by atoms with van der Waals surface area (Å²) >= 11 is 3.90. The normalized spacial score (nSPS) is 11.3. The fourth-order valence-corrected chi connectivity index (χ4v) is 6.11. The third kappa shape index (κ3) is 6.11. The van der Waals surface area contributed by atoms with E-state index in [1.165, 1.54) is 16.6 Å². The minimum atomic E-state index is -0.668. The quantitative estimate of drug-likeness (QED) is 0.279. The van der Waals surface area contributed by atoms with E-state index in [2.05, 4.69) is 33.9 Å². The first-order valence-corrected chi connectivity index (χ1v) is 13.8. The first kappa shape index (κ1) is 26.9. The average molecular weight is 536 g/mol. The van der Waals surface area contributed by atoms with Crippen molar-refractivity contribution in [1.29, 1.82) is 0 Å². The molecule has 0 bridgehead atoms. The van der Waals surface area contributed by atoms with Gasteiger partial charge in [-0.3, -0.25) is 14.2 Å². The summed E-state index contributed by atoms with van der Waals surface area (Å²) in [5.74, 6) is -0.836. The summed E-state index contributed by atoms with van der Waals surface area (Å²) in [6, 6.07) is 2.20. The lowest BCUT2D eigenvalue weighted by atomic mass is 10.1. The number of anilines is 1. The van der Waals surface area contributed by atoms with Crippen molar-refractivity contribution in [3.63, 3.8) is 0 Å². The first-order valence-electron chi connectivity index (χ1n) is 11.1. The van der Waals surface area contributed by atoms with Gasteiger partial charge in [0.2, 0.25) is 5.91 Å². The summed E-state index contributed by atoms with van der Waals surface area (Å²) in [6.07, 6.45) is 0.598. The predicted molar refractivity (Wildman–Crippen MR) is 141 cm³/mol. The van der Waals surface area contributed by atoms with Crippen LogP contribution in [-0.2, 0) is 16.0 Å². The number of amides is 2. The van der Waals surface area contributed by atoms with Crippen LogP contribution in [0.15, 0.2) is 16.6 Å². The van der Waals surface area contributed by atoms with E-state index < -0.39 is 11.9 Å². The molecular formula is C23H29N5O4S3. The third-order valence-corrected chi connectivity index (χ3v) is 8.19. The average Bonchev–Trinajstić information content (AvgIpc) is 3.48. The number of thioether (sulfide) groups is 1. The van der Waals surface area contributed by atoms with Gasteiger partial charge in [-0.2, -0.15) is 0 Å². The molecule has 0 fully saturated rings. The van der Waals surface area contributed by atoms with Crippen LogP contribution < -0.4 is 11.1 Å². The summed E-state index contributed by atoms with van der Waals surface area (Å²) in [5, 5.41) is 14.4. The smallest absolute Gasteiger partial charge is 0.341 e. The summed E-state index contributed by atoms with van der Waals surface area (Å²) in [5.41, 5.74) is 7.00. The summed E-state index contributed by atoms with van der Waals surface area (Å²) in [7, 11) is 0. The largest absolute Gasteiger partial charge is 0.459 e. The molecular weight excluding hydrogens is 506 g/mol. The molecule has 0 aliphatic rings. The monoisotopic (exact) mass is 535 g/mol. The second kappa shape index (κ2) is 11.4. The highest BCUT2D eigenvalue weighted by Gasteiger charge is 2.27. The highest BCUT2D eigenvalue weighted by atomic mass is 32.2. The van der Waals surface area contributed by atoms with E-state index in [0.717, 1.165) is 29.1 Å². The van der Waals surface area contributed by atoms with Crippen LogP contribution in [0, 0.1) is 6.92 Å². The van der Waals surface area contributed by atoms with E-state index in [9.17, 15) is 14.4 Å². The van der Waals surface area contributed by atoms with Crippen molar-refractivity contribution in [2.24, 2.45) is 5.73 Å². The number of rotatable bonds is 10. The fraction of sp³-hybridized carbons (Fsp3) is 0.435. The Labute approximate surface area is 216 Å². The SMILES string of the molecule is CCc1cc(-c2nnc(SCC(=O)Nc3sc(C(N)=O)c(C)c3C(=O)OC(C)C)n2C(C)C)cs1. The van der Waals surface area contributed by atoms with Crippen molar-refractivity contribution in [2.75, 3.05) is 11.1 Å². The van der Waals surface area contributed by atoms with Gasteiger partial charge in [-0.25, -0.2) is 4.79 Å². The highest BCUT2D eigenvalue weighted by molar-refractivity contribution is 7.99. The minimum Gasteiger partial charge on any atom is -0.459 e. The maximum Gasteiger partial charge on any atom is 0.341 e. The Morgan fingerprint density at radius 2 is 1.94 bits per heavy atom. The zero-order valence-electron chi connectivity index (χ0n) is 20.5. The number of nitrogens with zero attached hydrogens (tertiary/aromatic N) is 3. The molecule has 3 aromatic heterocycles. The number of esters is 1. The molecule has 9 nitrogen and oxygen atoms in total. The highest BCUT2D eigenvalue weighted by Crippen LogP contribution is 2.35. The number of carbonyl (C=O) groups excluding carboxylic acids is 3. The Hall–Kier alpha value is -2.70. The zero-order chi connectivity index (χ0) is 25.9. The fourth-order valence-electron chi connectivity index (χ4n) is 3.37. The van der Waals surface area contributed by atoms with Crippen LogP contribution in [-0.4, -0.2) is 44.4 Å². The van der Waals surface area contributed by atoms with Crippen LogP contribution >= 0.6 is 34.4 Å². The van der Waals surface area contributed by atoms with Gasteiger partial charge in [0.25, 0.3) is 5.91 Å². The van der Waals surface area contributed by atoms with Gasteiger partial charge in [-0.05, 0) is 52.7 Å². The number of hydrogen-bond donors (Lipinski definition) is 2. The minimum absolute atomic E-state index is 0.0379. The van der Waals surface area contributed by atoms with E-state index in [-0.39, 0.29) is 39.2 Å². The molecule has 0 spiro atoms. The molecule has 0 saturated carbocycles. The Kier molecular flexibility index (Phi) is 8.73. The summed E-state index contributed by atoms with van der Waals surface area (Å²) < 4.78 is 7.30. The molecule has 3 heterocycles. The molecule has 0 aliphatic heterocycles. The molecule has 0 unspecified atom stereocenters. The number of thiophene rings is 2. The van der Waals surface area contributed by atoms with Crippen molar-refractivity contribution in [3.8, 4) is 11.4 Å². The number of aromatic nitrogens is 3. The van der Waals surface area contributed by atoms with E-state index >= 15 is 0 Å². The van der Waals surface area contributed by atoms with Crippen LogP contribution in [0.5, 0.6) is 0 Å². The van der Waals surface area contributed by atoms with Gasteiger partial charge in [-0.15, -0.1) is 32.9 Å². The number of aryl methyl sites for hydroxylation is 1. The molecule has 0 atom stereocenters. The molecule has 3 rings (SSSR count). The van der Waals surface area contributed by atoms with Gasteiger partial charge in [0.15, 0.2) is 11.0 Å². The van der Waals surface area contributed by atoms with Gasteiger partial charge in [-0.1, -0.05) is 18.7 Å².